The Labute approximate surface area is 108 Å². The summed E-state index contributed by atoms with van der Waals surface area (Å²) in [6.45, 7) is 7.29. The molecule has 1 rings (SSSR count). The summed E-state index contributed by atoms with van der Waals surface area (Å²) in [5.41, 5.74) is 6.31. The lowest BCUT2D eigenvalue weighted by Crippen LogP contribution is -2.49. The number of benzene rings is 1. The van der Waals surface area contributed by atoms with Crippen molar-refractivity contribution in [3.05, 3.63) is 29.6 Å². The van der Waals surface area contributed by atoms with Crippen molar-refractivity contribution in [2.24, 2.45) is 11.1 Å². The number of rotatable bonds is 4. The van der Waals surface area contributed by atoms with E-state index in [0.29, 0.717) is 5.56 Å². The first-order chi connectivity index (χ1) is 8.27. The molecule has 102 valence electrons. The van der Waals surface area contributed by atoms with E-state index in [0.717, 1.165) is 0 Å². The number of aliphatic hydroxyl groups is 1. The van der Waals surface area contributed by atoms with Crippen LogP contribution in [0.25, 0.3) is 0 Å². The number of ether oxygens (including phenoxy) is 1. The second-order valence-corrected chi connectivity index (χ2v) is 5.62. The van der Waals surface area contributed by atoms with Crippen molar-refractivity contribution in [2.45, 2.75) is 39.8 Å². The Morgan fingerprint density at radius 1 is 1.39 bits per heavy atom. The smallest absolute Gasteiger partial charge is 0.167 e. The number of aryl methyl sites for hydroxylation is 1. The summed E-state index contributed by atoms with van der Waals surface area (Å²) in [5, 5.41) is 9.35. The van der Waals surface area contributed by atoms with Gasteiger partial charge in [0.2, 0.25) is 0 Å². The highest BCUT2D eigenvalue weighted by Gasteiger charge is 2.30. The van der Waals surface area contributed by atoms with Gasteiger partial charge in [-0.1, -0.05) is 32.9 Å². The van der Waals surface area contributed by atoms with Crippen LogP contribution in [-0.4, -0.2) is 23.9 Å². The summed E-state index contributed by atoms with van der Waals surface area (Å²) in [6.07, 6.45) is -0.624. The van der Waals surface area contributed by atoms with E-state index in [1.165, 1.54) is 0 Å². The summed E-state index contributed by atoms with van der Waals surface area (Å²) < 4.78 is 19.3. The summed E-state index contributed by atoms with van der Waals surface area (Å²) in [6, 6.07) is 4.53. The Morgan fingerprint density at radius 3 is 2.50 bits per heavy atom. The average molecular weight is 255 g/mol. The standard InChI is InChI=1S/C14H22FNO2/c1-9-6-5-7-10(12(9)15)18-11(8-17)13(16)14(2,3)4/h5-7,11,13,17H,8,16H2,1-4H3. The van der Waals surface area contributed by atoms with E-state index in [1.807, 2.05) is 20.8 Å². The van der Waals surface area contributed by atoms with Crippen molar-refractivity contribution in [3.8, 4) is 5.75 Å². The first kappa shape index (κ1) is 14.9. The molecule has 0 saturated carbocycles. The fraction of sp³-hybridized carbons (Fsp3) is 0.571. The highest BCUT2D eigenvalue weighted by atomic mass is 19.1. The Morgan fingerprint density at radius 2 is 2.00 bits per heavy atom. The number of hydrogen-bond acceptors (Lipinski definition) is 3. The third-order valence-corrected chi connectivity index (χ3v) is 3.02. The molecule has 0 aliphatic heterocycles. The second kappa shape index (κ2) is 5.67. The number of nitrogens with two attached hydrogens (primary N) is 1. The molecule has 1 aromatic rings. The van der Waals surface area contributed by atoms with Crippen molar-refractivity contribution in [2.75, 3.05) is 6.61 Å². The molecule has 4 heteroatoms. The van der Waals surface area contributed by atoms with Gasteiger partial charge in [-0.25, -0.2) is 4.39 Å². The van der Waals surface area contributed by atoms with Crippen LogP contribution < -0.4 is 10.5 Å². The highest BCUT2D eigenvalue weighted by molar-refractivity contribution is 5.30. The molecule has 1 aromatic carbocycles. The third-order valence-electron chi connectivity index (χ3n) is 3.02. The quantitative estimate of drug-likeness (QED) is 0.867. The number of halogens is 1. The van der Waals surface area contributed by atoms with Gasteiger partial charge in [0.05, 0.1) is 6.61 Å². The molecule has 0 aliphatic rings. The zero-order valence-electron chi connectivity index (χ0n) is 11.4. The maximum Gasteiger partial charge on any atom is 0.167 e. The lowest BCUT2D eigenvalue weighted by molar-refractivity contribution is 0.0562. The Hall–Kier alpha value is -1.13. The zero-order valence-corrected chi connectivity index (χ0v) is 11.4. The van der Waals surface area contributed by atoms with E-state index in [4.69, 9.17) is 10.5 Å². The van der Waals surface area contributed by atoms with Gasteiger partial charge in [-0.05, 0) is 24.0 Å². The molecule has 0 fully saturated rings. The fourth-order valence-electron chi connectivity index (χ4n) is 1.66. The van der Waals surface area contributed by atoms with Crippen LogP contribution in [0, 0.1) is 18.2 Å². The summed E-state index contributed by atoms with van der Waals surface area (Å²) in [5.74, 6) is -0.272. The van der Waals surface area contributed by atoms with Gasteiger partial charge in [-0.2, -0.15) is 0 Å². The maximum atomic E-state index is 13.8. The van der Waals surface area contributed by atoms with Gasteiger partial charge in [0.25, 0.3) is 0 Å². The minimum absolute atomic E-state index is 0.133. The molecule has 18 heavy (non-hydrogen) atoms. The SMILES string of the molecule is Cc1cccc(OC(CO)C(N)C(C)(C)C)c1F. The molecule has 2 atom stereocenters. The molecule has 0 radical (unpaired) electrons. The monoisotopic (exact) mass is 255 g/mol. The molecule has 0 aromatic heterocycles. The van der Waals surface area contributed by atoms with Gasteiger partial charge in [-0.15, -0.1) is 0 Å². The van der Waals surface area contributed by atoms with Crippen LogP contribution in [0.2, 0.25) is 0 Å². The van der Waals surface area contributed by atoms with E-state index in [2.05, 4.69) is 0 Å². The van der Waals surface area contributed by atoms with Crippen LogP contribution in [-0.2, 0) is 0 Å². The molecule has 3 N–H and O–H groups in total. The first-order valence-corrected chi connectivity index (χ1v) is 6.05. The van der Waals surface area contributed by atoms with Crippen molar-refractivity contribution in [1.29, 1.82) is 0 Å². The minimum atomic E-state index is -0.624. The van der Waals surface area contributed by atoms with Gasteiger partial charge in [0.15, 0.2) is 11.6 Å². The van der Waals surface area contributed by atoms with E-state index in [1.54, 1.807) is 25.1 Å². The molecular formula is C14H22FNO2. The summed E-state index contributed by atoms with van der Waals surface area (Å²) in [7, 11) is 0. The van der Waals surface area contributed by atoms with Crippen molar-refractivity contribution >= 4 is 0 Å². The maximum absolute atomic E-state index is 13.8. The molecular weight excluding hydrogens is 233 g/mol. The number of aliphatic hydroxyl groups excluding tert-OH is 1. The third kappa shape index (κ3) is 3.43. The van der Waals surface area contributed by atoms with Gasteiger partial charge < -0.3 is 15.6 Å². The van der Waals surface area contributed by atoms with Crippen LogP contribution in [0.5, 0.6) is 5.75 Å². The Kier molecular flexibility index (Phi) is 4.71. The normalized spacial score (nSPS) is 15.3. The van der Waals surface area contributed by atoms with Gasteiger partial charge >= 0.3 is 0 Å². The van der Waals surface area contributed by atoms with Crippen molar-refractivity contribution in [1.82, 2.24) is 0 Å². The molecule has 0 bridgehead atoms. The Bertz CT molecular complexity index is 401. The highest BCUT2D eigenvalue weighted by Crippen LogP contribution is 2.25. The van der Waals surface area contributed by atoms with E-state index >= 15 is 0 Å². The van der Waals surface area contributed by atoms with Crippen LogP contribution in [0.4, 0.5) is 4.39 Å². The van der Waals surface area contributed by atoms with Crippen LogP contribution in [0.15, 0.2) is 18.2 Å². The summed E-state index contributed by atoms with van der Waals surface area (Å²) in [4.78, 5) is 0. The van der Waals surface area contributed by atoms with E-state index in [-0.39, 0.29) is 23.8 Å². The lowest BCUT2D eigenvalue weighted by Gasteiger charge is -2.33. The van der Waals surface area contributed by atoms with E-state index in [9.17, 15) is 9.50 Å². The largest absolute Gasteiger partial charge is 0.483 e. The lowest BCUT2D eigenvalue weighted by atomic mass is 9.84. The minimum Gasteiger partial charge on any atom is -0.483 e. The van der Waals surface area contributed by atoms with Crippen LogP contribution >= 0.6 is 0 Å². The molecule has 0 aliphatic carbocycles. The van der Waals surface area contributed by atoms with Crippen LogP contribution in [0.1, 0.15) is 26.3 Å². The first-order valence-electron chi connectivity index (χ1n) is 6.05. The fourth-order valence-corrected chi connectivity index (χ4v) is 1.66. The van der Waals surface area contributed by atoms with Crippen molar-refractivity contribution < 1.29 is 14.2 Å². The predicted octanol–water partition coefficient (Wildman–Crippen LogP) is 2.25. The number of hydrogen-bond donors (Lipinski definition) is 2. The zero-order chi connectivity index (χ0) is 13.9. The van der Waals surface area contributed by atoms with Gasteiger partial charge in [0.1, 0.15) is 6.10 Å². The average Bonchev–Trinajstić information content (AvgIpc) is 2.29. The molecule has 0 saturated heterocycles. The molecule has 2 unspecified atom stereocenters. The Balaban J connectivity index is 2.90. The summed E-state index contributed by atoms with van der Waals surface area (Å²) >= 11 is 0. The second-order valence-electron chi connectivity index (χ2n) is 5.62. The molecule has 3 nitrogen and oxygen atoms in total. The topological polar surface area (TPSA) is 55.5 Å². The van der Waals surface area contributed by atoms with Crippen molar-refractivity contribution in [3.63, 3.8) is 0 Å². The van der Waals surface area contributed by atoms with E-state index < -0.39 is 11.9 Å². The van der Waals surface area contributed by atoms with Crippen LogP contribution in [0.3, 0.4) is 0 Å². The predicted molar refractivity (Wildman–Crippen MR) is 70.1 cm³/mol. The molecule has 0 spiro atoms. The molecule has 0 heterocycles. The van der Waals surface area contributed by atoms with Gasteiger partial charge in [-0.3, -0.25) is 0 Å². The molecule has 0 amide bonds. The van der Waals surface area contributed by atoms with Gasteiger partial charge in [0, 0.05) is 6.04 Å².